The van der Waals surface area contributed by atoms with Crippen LogP contribution in [0.15, 0.2) is 42.5 Å². The van der Waals surface area contributed by atoms with E-state index < -0.39 is 11.6 Å². The van der Waals surface area contributed by atoms with Gasteiger partial charge in [-0.1, -0.05) is 12.1 Å². The minimum atomic E-state index is -0.509. The largest absolute Gasteiger partial charge is 0.335 e. The molecule has 0 radical (unpaired) electrons. The van der Waals surface area contributed by atoms with Crippen LogP contribution in [0.3, 0.4) is 0 Å². The van der Waals surface area contributed by atoms with Gasteiger partial charge in [-0.2, -0.15) is 0 Å². The van der Waals surface area contributed by atoms with Crippen molar-refractivity contribution in [3.63, 3.8) is 0 Å². The van der Waals surface area contributed by atoms with Crippen LogP contribution in [-0.4, -0.2) is 23.4 Å². The molecule has 1 unspecified atom stereocenters. The van der Waals surface area contributed by atoms with E-state index in [0.29, 0.717) is 25.9 Å². The summed E-state index contributed by atoms with van der Waals surface area (Å²) in [5, 5.41) is 3.27. The normalized spacial score (nSPS) is 17.1. The molecule has 1 amide bonds. The highest BCUT2D eigenvalue weighted by Crippen LogP contribution is 2.24. The van der Waals surface area contributed by atoms with Crippen molar-refractivity contribution in [2.75, 3.05) is 6.54 Å². The van der Waals surface area contributed by atoms with Gasteiger partial charge in [-0.25, -0.2) is 13.2 Å². The molecule has 0 aliphatic carbocycles. The molecule has 1 saturated heterocycles. The Morgan fingerprint density at radius 3 is 2.54 bits per heavy atom. The summed E-state index contributed by atoms with van der Waals surface area (Å²) in [5.41, 5.74) is 1.18. The quantitative estimate of drug-likeness (QED) is 0.761. The van der Waals surface area contributed by atoms with Crippen LogP contribution in [0.4, 0.5) is 13.2 Å². The van der Waals surface area contributed by atoms with Crippen molar-refractivity contribution in [2.45, 2.75) is 38.4 Å². The van der Waals surface area contributed by atoms with E-state index in [2.05, 4.69) is 5.32 Å². The van der Waals surface area contributed by atoms with Gasteiger partial charge in [-0.05, 0) is 55.3 Å². The highest BCUT2D eigenvalue weighted by Gasteiger charge is 2.31. The molecular formula is C20H21F3N2O. The van der Waals surface area contributed by atoms with Crippen LogP contribution in [0, 0.1) is 17.5 Å². The predicted octanol–water partition coefficient (Wildman–Crippen LogP) is 3.77. The molecule has 1 atom stereocenters. The van der Waals surface area contributed by atoms with Gasteiger partial charge in [0.2, 0.25) is 5.91 Å². The topological polar surface area (TPSA) is 32.3 Å². The standard InChI is InChI=1S/C20H21F3N2O/c21-16-3-1-14(2-4-16)12-24-10-9-18-6-8-20(26)25(18)13-15-11-17(22)5-7-19(15)23/h1-5,7,11,18,24H,6,8-10,12-13H2. The maximum absolute atomic E-state index is 13.9. The van der Waals surface area contributed by atoms with E-state index in [1.165, 1.54) is 12.1 Å². The number of likely N-dealkylation sites (tertiary alicyclic amines) is 1. The molecule has 26 heavy (non-hydrogen) atoms. The van der Waals surface area contributed by atoms with Crippen LogP contribution in [-0.2, 0) is 17.9 Å². The first kappa shape index (κ1) is 18.5. The minimum Gasteiger partial charge on any atom is -0.335 e. The molecule has 6 heteroatoms. The van der Waals surface area contributed by atoms with Gasteiger partial charge in [0.25, 0.3) is 0 Å². The molecule has 1 fully saturated rings. The Labute approximate surface area is 150 Å². The predicted molar refractivity (Wildman–Crippen MR) is 92.7 cm³/mol. The minimum absolute atomic E-state index is 0.00545. The van der Waals surface area contributed by atoms with Gasteiger partial charge >= 0.3 is 0 Å². The Hall–Kier alpha value is -2.34. The van der Waals surface area contributed by atoms with Crippen LogP contribution in [0.1, 0.15) is 30.4 Å². The lowest BCUT2D eigenvalue weighted by atomic mass is 10.1. The molecule has 1 heterocycles. The molecule has 0 aromatic heterocycles. The van der Waals surface area contributed by atoms with E-state index >= 15 is 0 Å². The van der Waals surface area contributed by atoms with Crippen molar-refractivity contribution >= 4 is 5.91 Å². The number of nitrogens with one attached hydrogen (secondary N) is 1. The second-order valence-electron chi connectivity index (χ2n) is 6.54. The Bertz CT molecular complexity index is 764. The first-order chi connectivity index (χ1) is 12.5. The molecule has 1 aliphatic heterocycles. The van der Waals surface area contributed by atoms with Gasteiger partial charge < -0.3 is 10.2 Å². The Morgan fingerprint density at radius 2 is 1.77 bits per heavy atom. The summed E-state index contributed by atoms with van der Waals surface area (Å²) in [6.45, 7) is 1.38. The van der Waals surface area contributed by atoms with Gasteiger partial charge in [-0.15, -0.1) is 0 Å². The zero-order chi connectivity index (χ0) is 18.5. The van der Waals surface area contributed by atoms with Gasteiger partial charge in [0.1, 0.15) is 17.5 Å². The van der Waals surface area contributed by atoms with Crippen LogP contribution in [0.2, 0.25) is 0 Å². The molecule has 2 aromatic carbocycles. The van der Waals surface area contributed by atoms with Gasteiger partial charge in [0, 0.05) is 31.1 Å². The third-order valence-corrected chi connectivity index (χ3v) is 4.70. The molecule has 1 aliphatic rings. The van der Waals surface area contributed by atoms with Gasteiger partial charge in [0.15, 0.2) is 0 Å². The van der Waals surface area contributed by atoms with E-state index in [1.54, 1.807) is 17.0 Å². The first-order valence-electron chi connectivity index (χ1n) is 8.71. The Morgan fingerprint density at radius 1 is 1.04 bits per heavy atom. The average molecular weight is 362 g/mol. The van der Waals surface area contributed by atoms with Crippen molar-refractivity contribution in [1.29, 1.82) is 0 Å². The third kappa shape index (κ3) is 4.64. The van der Waals surface area contributed by atoms with Crippen LogP contribution in [0.5, 0.6) is 0 Å². The maximum atomic E-state index is 13.9. The summed E-state index contributed by atoms with van der Waals surface area (Å²) in [5.74, 6) is -1.31. The lowest BCUT2D eigenvalue weighted by molar-refractivity contribution is -0.129. The number of halogens is 3. The van der Waals surface area contributed by atoms with Crippen LogP contribution < -0.4 is 5.32 Å². The summed E-state index contributed by atoms with van der Waals surface area (Å²) in [4.78, 5) is 13.8. The summed E-state index contributed by atoms with van der Waals surface area (Å²) in [6, 6.07) is 9.59. The van der Waals surface area contributed by atoms with Gasteiger partial charge in [0.05, 0.1) is 0 Å². The summed E-state index contributed by atoms with van der Waals surface area (Å²) in [7, 11) is 0. The number of nitrogens with zero attached hydrogens (tertiary/aromatic N) is 1. The Kier molecular flexibility index (Phi) is 5.93. The zero-order valence-corrected chi connectivity index (χ0v) is 14.4. The number of amides is 1. The fraction of sp³-hybridized carbons (Fsp3) is 0.350. The van der Waals surface area contributed by atoms with E-state index in [4.69, 9.17) is 0 Å². The number of hydrogen-bond acceptors (Lipinski definition) is 2. The summed E-state index contributed by atoms with van der Waals surface area (Å²) >= 11 is 0. The molecule has 0 bridgehead atoms. The van der Waals surface area contributed by atoms with Crippen LogP contribution >= 0.6 is 0 Å². The second-order valence-corrected chi connectivity index (χ2v) is 6.54. The molecule has 138 valence electrons. The monoisotopic (exact) mass is 362 g/mol. The van der Waals surface area contributed by atoms with Gasteiger partial charge in [-0.3, -0.25) is 4.79 Å². The van der Waals surface area contributed by atoms with Crippen molar-refractivity contribution in [1.82, 2.24) is 10.2 Å². The molecule has 0 spiro atoms. The average Bonchev–Trinajstić information content (AvgIpc) is 2.97. The van der Waals surface area contributed by atoms with Crippen molar-refractivity contribution in [3.05, 3.63) is 71.0 Å². The van der Waals surface area contributed by atoms with Crippen molar-refractivity contribution in [2.24, 2.45) is 0 Å². The second kappa shape index (κ2) is 8.36. The zero-order valence-electron chi connectivity index (χ0n) is 14.4. The lowest BCUT2D eigenvalue weighted by Crippen LogP contribution is -2.35. The molecule has 3 nitrogen and oxygen atoms in total. The smallest absolute Gasteiger partial charge is 0.223 e. The fourth-order valence-electron chi connectivity index (χ4n) is 3.26. The van der Waals surface area contributed by atoms with Crippen molar-refractivity contribution in [3.8, 4) is 0 Å². The molecule has 1 N–H and O–H groups in total. The number of rotatable bonds is 7. The molecular weight excluding hydrogens is 341 g/mol. The maximum Gasteiger partial charge on any atom is 0.223 e. The SMILES string of the molecule is O=C1CCC(CCNCc2ccc(F)cc2)N1Cc1cc(F)ccc1F. The first-order valence-corrected chi connectivity index (χ1v) is 8.71. The third-order valence-electron chi connectivity index (χ3n) is 4.70. The highest BCUT2D eigenvalue weighted by atomic mass is 19.1. The number of hydrogen-bond donors (Lipinski definition) is 1. The molecule has 3 rings (SSSR count). The number of carbonyl (C=O) groups is 1. The van der Waals surface area contributed by atoms with Crippen molar-refractivity contribution < 1.29 is 18.0 Å². The number of carbonyl (C=O) groups excluding carboxylic acids is 1. The van der Waals surface area contributed by atoms with E-state index in [0.717, 1.165) is 30.2 Å². The lowest BCUT2D eigenvalue weighted by Gasteiger charge is -2.25. The summed E-state index contributed by atoms with van der Waals surface area (Å²) in [6.07, 6.45) is 1.87. The van der Waals surface area contributed by atoms with E-state index in [-0.39, 0.29) is 29.9 Å². The number of benzene rings is 2. The van der Waals surface area contributed by atoms with E-state index in [1.807, 2.05) is 0 Å². The highest BCUT2D eigenvalue weighted by molar-refractivity contribution is 5.78. The summed E-state index contributed by atoms with van der Waals surface area (Å²) < 4.78 is 40.1. The molecule has 2 aromatic rings. The Balaban J connectivity index is 1.52. The fourth-order valence-corrected chi connectivity index (χ4v) is 3.26. The van der Waals surface area contributed by atoms with E-state index in [9.17, 15) is 18.0 Å². The van der Waals surface area contributed by atoms with Crippen LogP contribution in [0.25, 0.3) is 0 Å². The molecule has 0 saturated carbocycles.